The van der Waals surface area contributed by atoms with Gasteiger partial charge in [0.15, 0.2) is 0 Å². The topological polar surface area (TPSA) is 61.7 Å². The van der Waals surface area contributed by atoms with Gasteiger partial charge in [-0.2, -0.15) is 5.10 Å². The second kappa shape index (κ2) is 6.60. The normalized spacial score (nSPS) is 17.7. The van der Waals surface area contributed by atoms with E-state index in [1.54, 1.807) is 24.3 Å². The number of hydrogen-bond donors (Lipinski definition) is 2. The number of nitrogens with one attached hydrogen (secondary N) is 1. The van der Waals surface area contributed by atoms with Crippen molar-refractivity contribution in [1.29, 1.82) is 0 Å². The molecule has 0 aliphatic heterocycles. The number of carboxylic acids is 1. The first-order chi connectivity index (χ1) is 12.2. The highest BCUT2D eigenvalue weighted by atomic mass is 16.4. The first-order valence-electron chi connectivity index (χ1n) is 8.96. The van der Waals surface area contributed by atoms with Crippen LogP contribution in [0, 0.1) is 0 Å². The summed E-state index contributed by atoms with van der Waals surface area (Å²) in [6, 6.07) is 13.1. The van der Waals surface area contributed by atoms with Gasteiger partial charge in [0.1, 0.15) is 0 Å². The predicted octanol–water partition coefficient (Wildman–Crippen LogP) is 5.18. The summed E-state index contributed by atoms with van der Waals surface area (Å²) < 4.78 is 0. The fourth-order valence-electron chi connectivity index (χ4n) is 3.56. The maximum Gasteiger partial charge on any atom is 0.335 e. The number of carboxylic acid groups (broad SMARTS) is 1. The van der Waals surface area contributed by atoms with Crippen molar-refractivity contribution in [2.24, 2.45) is 5.10 Å². The number of anilines is 1. The lowest BCUT2D eigenvalue weighted by Gasteiger charge is -2.42. The molecule has 4 heteroatoms. The minimum absolute atomic E-state index is 0.175. The Morgan fingerprint density at radius 2 is 1.62 bits per heavy atom. The molecule has 0 atom stereocenters. The van der Waals surface area contributed by atoms with Gasteiger partial charge in [0.25, 0.3) is 0 Å². The number of benzene rings is 2. The van der Waals surface area contributed by atoms with E-state index in [0.29, 0.717) is 0 Å². The SMILES string of the molecule is CC1(C)CCC(C)(C)c2cc(C=NNc3ccc(C(=O)O)cc3)ccc21. The molecule has 0 saturated heterocycles. The molecule has 0 heterocycles. The Morgan fingerprint density at radius 1 is 1.00 bits per heavy atom. The third-order valence-corrected chi connectivity index (χ3v) is 5.42. The smallest absolute Gasteiger partial charge is 0.335 e. The van der Waals surface area contributed by atoms with E-state index in [1.165, 1.54) is 24.0 Å². The Hall–Kier alpha value is -2.62. The Morgan fingerprint density at radius 3 is 2.23 bits per heavy atom. The van der Waals surface area contributed by atoms with Crippen LogP contribution in [0.5, 0.6) is 0 Å². The van der Waals surface area contributed by atoms with Crippen LogP contribution >= 0.6 is 0 Å². The van der Waals surface area contributed by atoms with E-state index in [-0.39, 0.29) is 16.4 Å². The van der Waals surface area contributed by atoms with Gasteiger partial charge in [0.2, 0.25) is 0 Å². The Bertz CT molecular complexity index is 849. The molecule has 0 bridgehead atoms. The lowest BCUT2D eigenvalue weighted by atomic mass is 9.63. The van der Waals surface area contributed by atoms with Crippen molar-refractivity contribution >= 4 is 17.9 Å². The van der Waals surface area contributed by atoms with Gasteiger partial charge in [0, 0.05) is 0 Å². The van der Waals surface area contributed by atoms with E-state index in [0.717, 1.165) is 11.3 Å². The molecule has 136 valence electrons. The van der Waals surface area contributed by atoms with Crippen LogP contribution in [0.1, 0.15) is 67.6 Å². The van der Waals surface area contributed by atoms with Gasteiger partial charge in [-0.3, -0.25) is 5.43 Å². The van der Waals surface area contributed by atoms with E-state index in [2.05, 4.69) is 56.4 Å². The largest absolute Gasteiger partial charge is 0.478 e. The molecular formula is C22H26N2O2. The molecular weight excluding hydrogens is 324 g/mol. The van der Waals surface area contributed by atoms with Crippen molar-refractivity contribution < 1.29 is 9.90 Å². The van der Waals surface area contributed by atoms with Crippen LogP contribution in [-0.4, -0.2) is 17.3 Å². The summed E-state index contributed by atoms with van der Waals surface area (Å²) in [6.07, 6.45) is 4.19. The molecule has 0 saturated carbocycles. The zero-order valence-electron chi connectivity index (χ0n) is 15.8. The van der Waals surface area contributed by atoms with Crippen LogP contribution in [-0.2, 0) is 10.8 Å². The maximum atomic E-state index is 10.9. The van der Waals surface area contributed by atoms with E-state index >= 15 is 0 Å². The molecule has 1 aliphatic carbocycles. The minimum atomic E-state index is -0.931. The van der Waals surface area contributed by atoms with Gasteiger partial charge in [0.05, 0.1) is 17.5 Å². The number of nitrogens with zero attached hydrogens (tertiary/aromatic N) is 1. The molecule has 0 aromatic heterocycles. The van der Waals surface area contributed by atoms with Crippen molar-refractivity contribution in [1.82, 2.24) is 0 Å². The number of aromatic carboxylic acids is 1. The molecule has 2 aromatic carbocycles. The van der Waals surface area contributed by atoms with Gasteiger partial charge in [-0.1, -0.05) is 39.8 Å². The maximum absolute atomic E-state index is 10.9. The predicted molar refractivity (Wildman–Crippen MR) is 106 cm³/mol. The summed E-state index contributed by atoms with van der Waals surface area (Å²) in [5.41, 5.74) is 8.26. The highest BCUT2D eigenvalue weighted by Gasteiger charge is 2.36. The molecule has 1 aliphatic rings. The molecule has 2 N–H and O–H groups in total. The average molecular weight is 350 g/mol. The van der Waals surface area contributed by atoms with E-state index in [1.807, 2.05) is 6.21 Å². The standard InChI is InChI=1S/C22H26N2O2/c1-21(2)11-12-22(3,4)19-13-15(5-10-18(19)21)14-23-24-17-8-6-16(7-9-17)20(25)26/h5-10,13-14,24H,11-12H2,1-4H3,(H,25,26). The molecule has 4 nitrogen and oxygen atoms in total. The van der Waals surface area contributed by atoms with Gasteiger partial charge < -0.3 is 5.11 Å². The van der Waals surface area contributed by atoms with E-state index in [4.69, 9.17) is 5.11 Å². The third kappa shape index (κ3) is 3.64. The average Bonchev–Trinajstić information content (AvgIpc) is 2.59. The van der Waals surface area contributed by atoms with Crippen LogP contribution in [0.3, 0.4) is 0 Å². The van der Waals surface area contributed by atoms with Gasteiger partial charge in [-0.25, -0.2) is 4.79 Å². The number of hydrogen-bond acceptors (Lipinski definition) is 3. The molecule has 26 heavy (non-hydrogen) atoms. The molecule has 0 fully saturated rings. The summed E-state index contributed by atoms with van der Waals surface area (Å²) in [5.74, 6) is -0.931. The summed E-state index contributed by atoms with van der Waals surface area (Å²) in [4.78, 5) is 10.9. The summed E-state index contributed by atoms with van der Waals surface area (Å²) >= 11 is 0. The fraction of sp³-hybridized carbons (Fsp3) is 0.364. The Kier molecular flexibility index (Phi) is 4.61. The van der Waals surface area contributed by atoms with Crippen LogP contribution in [0.25, 0.3) is 0 Å². The van der Waals surface area contributed by atoms with Crippen molar-refractivity contribution in [2.75, 3.05) is 5.43 Å². The molecule has 3 rings (SSSR count). The molecule has 0 spiro atoms. The van der Waals surface area contributed by atoms with Crippen molar-refractivity contribution in [3.05, 3.63) is 64.7 Å². The van der Waals surface area contributed by atoms with Crippen LogP contribution in [0.4, 0.5) is 5.69 Å². The van der Waals surface area contributed by atoms with Crippen molar-refractivity contribution in [3.63, 3.8) is 0 Å². The first kappa shape index (κ1) is 18.2. The lowest BCUT2D eigenvalue weighted by Crippen LogP contribution is -2.33. The second-order valence-corrected chi connectivity index (χ2v) is 8.33. The fourth-order valence-corrected chi connectivity index (χ4v) is 3.56. The summed E-state index contributed by atoms with van der Waals surface area (Å²) in [7, 11) is 0. The van der Waals surface area contributed by atoms with Gasteiger partial charge >= 0.3 is 5.97 Å². The molecule has 0 radical (unpaired) electrons. The van der Waals surface area contributed by atoms with Crippen LogP contribution < -0.4 is 5.43 Å². The lowest BCUT2D eigenvalue weighted by molar-refractivity contribution is 0.0697. The highest BCUT2D eigenvalue weighted by Crippen LogP contribution is 2.45. The molecule has 2 aromatic rings. The molecule has 0 amide bonds. The summed E-state index contributed by atoms with van der Waals surface area (Å²) in [6.45, 7) is 9.25. The summed E-state index contributed by atoms with van der Waals surface area (Å²) in [5, 5.41) is 13.2. The van der Waals surface area contributed by atoms with Crippen molar-refractivity contribution in [3.8, 4) is 0 Å². The third-order valence-electron chi connectivity index (χ3n) is 5.42. The van der Waals surface area contributed by atoms with E-state index < -0.39 is 5.97 Å². The van der Waals surface area contributed by atoms with Gasteiger partial charge in [-0.05, 0) is 70.7 Å². The second-order valence-electron chi connectivity index (χ2n) is 8.33. The number of carbonyl (C=O) groups is 1. The quantitative estimate of drug-likeness (QED) is 0.590. The minimum Gasteiger partial charge on any atom is -0.478 e. The zero-order chi connectivity index (χ0) is 18.9. The molecule has 0 unspecified atom stereocenters. The Labute approximate surface area is 155 Å². The number of fused-ring (bicyclic) bond motifs is 1. The van der Waals surface area contributed by atoms with Gasteiger partial charge in [-0.15, -0.1) is 0 Å². The highest BCUT2D eigenvalue weighted by molar-refractivity contribution is 5.88. The first-order valence-corrected chi connectivity index (χ1v) is 8.96. The number of hydrazone groups is 1. The van der Waals surface area contributed by atoms with Crippen molar-refractivity contribution in [2.45, 2.75) is 51.4 Å². The van der Waals surface area contributed by atoms with Crippen LogP contribution in [0.2, 0.25) is 0 Å². The Balaban J connectivity index is 1.78. The van der Waals surface area contributed by atoms with Crippen LogP contribution in [0.15, 0.2) is 47.6 Å². The van der Waals surface area contributed by atoms with E-state index in [9.17, 15) is 4.79 Å². The number of rotatable bonds is 4. The zero-order valence-corrected chi connectivity index (χ0v) is 15.8. The monoisotopic (exact) mass is 350 g/mol.